The number of hydrogen-bond acceptors (Lipinski definition) is 5. The van der Waals surface area contributed by atoms with Crippen LogP contribution in [-0.4, -0.2) is 57.0 Å². The highest BCUT2D eigenvalue weighted by atomic mass is 16.3. The maximum Gasteiger partial charge on any atom is 0.264 e. The van der Waals surface area contributed by atoms with Crippen LogP contribution in [0.1, 0.15) is 42.9 Å². The van der Waals surface area contributed by atoms with E-state index >= 15 is 0 Å². The normalized spacial score (nSPS) is 20.2. The maximum absolute atomic E-state index is 13.9. The van der Waals surface area contributed by atoms with Gasteiger partial charge in [0.1, 0.15) is 0 Å². The van der Waals surface area contributed by atoms with Gasteiger partial charge >= 0.3 is 0 Å². The molecule has 3 atom stereocenters. The van der Waals surface area contributed by atoms with Crippen molar-refractivity contribution in [3.8, 4) is 0 Å². The lowest BCUT2D eigenvalue weighted by Gasteiger charge is -2.28. The molecule has 232 valence electrons. The first-order valence-corrected chi connectivity index (χ1v) is 15.4. The first-order valence-electron chi connectivity index (χ1n) is 15.4. The Bertz CT molecular complexity index is 1760. The van der Waals surface area contributed by atoms with E-state index < -0.39 is 17.4 Å². The molecule has 1 saturated heterocycles. The SMILES string of the molecule is C[C@@H](/C=C/CC(=O)N1CCC[C@H]1CO)[C@]1(O)C(=O)N(Cc2cccc(NC(=O)Cc3c[nH]c4ccccc34)c2)c2ccccc21. The van der Waals surface area contributed by atoms with E-state index in [1.807, 2.05) is 66.9 Å². The second kappa shape index (κ2) is 12.7. The fraction of sp³-hybridized carbons (Fsp3) is 0.306. The summed E-state index contributed by atoms with van der Waals surface area (Å²) in [5.74, 6) is -1.27. The molecule has 0 aliphatic carbocycles. The number of aromatic nitrogens is 1. The van der Waals surface area contributed by atoms with Gasteiger partial charge in [0.05, 0.1) is 31.3 Å². The van der Waals surface area contributed by atoms with Gasteiger partial charge in [0.15, 0.2) is 5.60 Å². The first kappa shape index (κ1) is 30.3. The Hall–Kier alpha value is -4.73. The molecule has 4 aromatic rings. The Balaban J connectivity index is 1.14. The molecule has 3 aromatic carbocycles. The fourth-order valence-electron chi connectivity index (χ4n) is 6.63. The topological polar surface area (TPSA) is 126 Å². The number of carbonyl (C=O) groups is 3. The molecule has 3 heterocycles. The highest BCUT2D eigenvalue weighted by Gasteiger charge is 2.52. The molecule has 3 amide bonds. The van der Waals surface area contributed by atoms with Crippen molar-refractivity contribution in [2.75, 3.05) is 23.4 Å². The number of hydrogen-bond donors (Lipinski definition) is 4. The molecule has 0 radical (unpaired) electrons. The lowest BCUT2D eigenvalue weighted by atomic mass is 9.83. The fourth-order valence-corrected chi connectivity index (χ4v) is 6.63. The van der Waals surface area contributed by atoms with E-state index in [2.05, 4.69) is 10.3 Å². The molecular formula is C36H38N4O5. The number of H-pyrrole nitrogens is 1. The minimum absolute atomic E-state index is 0.0486. The van der Waals surface area contributed by atoms with E-state index in [4.69, 9.17) is 0 Å². The monoisotopic (exact) mass is 606 g/mol. The van der Waals surface area contributed by atoms with Gasteiger partial charge in [0.2, 0.25) is 11.8 Å². The zero-order chi connectivity index (χ0) is 31.6. The third kappa shape index (κ3) is 5.89. The summed E-state index contributed by atoms with van der Waals surface area (Å²) < 4.78 is 0. The Morgan fingerprint density at radius 2 is 1.91 bits per heavy atom. The van der Waals surface area contributed by atoms with Gasteiger partial charge in [-0.05, 0) is 48.2 Å². The number of benzene rings is 3. The molecule has 4 N–H and O–H groups in total. The zero-order valence-electron chi connectivity index (χ0n) is 25.3. The summed E-state index contributed by atoms with van der Waals surface area (Å²) in [6, 6.07) is 22.3. The Morgan fingerprint density at radius 3 is 2.76 bits per heavy atom. The molecular weight excluding hydrogens is 568 g/mol. The average Bonchev–Trinajstić information content (AvgIpc) is 3.75. The van der Waals surface area contributed by atoms with Crippen LogP contribution in [0.2, 0.25) is 0 Å². The quantitative estimate of drug-likeness (QED) is 0.196. The van der Waals surface area contributed by atoms with Gasteiger partial charge in [-0.2, -0.15) is 0 Å². The average molecular weight is 607 g/mol. The number of carbonyl (C=O) groups excluding carboxylic acids is 3. The van der Waals surface area contributed by atoms with E-state index in [9.17, 15) is 24.6 Å². The van der Waals surface area contributed by atoms with Crippen molar-refractivity contribution in [2.45, 2.75) is 50.8 Å². The number of nitrogens with one attached hydrogen (secondary N) is 2. The lowest BCUT2D eigenvalue weighted by Crippen LogP contribution is -2.44. The van der Waals surface area contributed by atoms with Crippen molar-refractivity contribution in [3.05, 3.63) is 108 Å². The number of para-hydroxylation sites is 2. The molecule has 1 fully saturated rings. The van der Waals surface area contributed by atoms with Gasteiger partial charge < -0.3 is 30.3 Å². The summed E-state index contributed by atoms with van der Waals surface area (Å²) in [5.41, 5.74) is 2.65. The summed E-state index contributed by atoms with van der Waals surface area (Å²) in [7, 11) is 0. The van der Waals surface area contributed by atoms with Gasteiger partial charge in [0.25, 0.3) is 5.91 Å². The van der Waals surface area contributed by atoms with Crippen LogP contribution in [0.5, 0.6) is 0 Å². The Labute approximate surface area is 262 Å². The second-order valence-corrected chi connectivity index (χ2v) is 11.9. The van der Waals surface area contributed by atoms with Gasteiger partial charge in [0, 0.05) is 47.2 Å². The van der Waals surface area contributed by atoms with Crippen molar-refractivity contribution < 1.29 is 24.6 Å². The Kier molecular flexibility index (Phi) is 8.56. The number of aliphatic hydroxyl groups is 2. The van der Waals surface area contributed by atoms with Crippen molar-refractivity contribution in [1.82, 2.24) is 9.88 Å². The molecule has 0 bridgehead atoms. The van der Waals surface area contributed by atoms with E-state index in [-0.39, 0.29) is 43.8 Å². The third-order valence-corrected chi connectivity index (χ3v) is 9.04. The lowest BCUT2D eigenvalue weighted by molar-refractivity contribution is -0.139. The third-order valence-electron chi connectivity index (χ3n) is 9.04. The zero-order valence-corrected chi connectivity index (χ0v) is 25.3. The van der Waals surface area contributed by atoms with E-state index in [1.165, 1.54) is 0 Å². The number of aliphatic hydroxyl groups excluding tert-OH is 1. The van der Waals surface area contributed by atoms with E-state index in [1.54, 1.807) is 41.0 Å². The summed E-state index contributed by atoms with van der Waals surface area (Å²) >= 11 is 0. The number of likely N-dealkylation sites (tertiary alicyclic amines) is 1. The van der Waals surface area contributed by atoms with Crippen LogP contribution in [0.15, 0.2) is 91.1 Å². The summed E-state index contributed by atoms with van der Waals surface area (Å²) in [6.45, 7) is 2.56. The number of fused-ring (bicyclic) bond motifs is 2. The molecule has 0 unspecified atom stereocenters. The smallest absolute Gasteiger partial charge is 0.264 e. The summed E-state index contributed by atoms with van der Waals surface area (Å²) in [4.78, 5) is 46.1. The molecule has 9 nitrogen and oxygen atoms in total. The highest BCUT2D eigenvalue weighted by molar-refractivity contribution is 6.07. The van der Waals surface area contributed by atoms with Crippen molar-refractivity contribution in [1.29, 1.82) is 0 Å². The van der Waals surface area contributed by atoms with Gasteiger partial charge in [-0.25, -0.2) is 0 Å². The first-order chi connectivity index (χ1) is 21.8. The number of amides is 3. The largest absolute Gasteiger partial charge is 0.394 e. The molecule has 2 aliphatic heterocycles. The Morgan fingerprint density at radius 1 is 1.11 bits per heavy atom. The molecule has 45 heavy (non-hydrogen) atoms. The standard InChI is InChI=1S/C36H38N4O5/c1-24(9-6-17-34(43)39-18-8-12-28(39)23-41)36(45)30-14-3-5-16-32(30)40(35(36)44)22-25-10-7-11-27(19-25)38-33(42)20-26-21-37-31-15-4-2-13-29(26)31/h2-7,9-11,13-16,19,21,24,28,37,41,45H,8,12,17-18,20,22-23H2,1H3,(H,38,42)/b9-6+/t24-,28-,36+/m0/s1. The molecule has 9 heteroatoms. The number of aromatic amines is 1. The highest BCUT2D eigenvalue weighted by Crippen LogP contribution is 2.45. The van der Waals surface area contributed by atoms with E-state index in [0.29, 0.717) is 23.5 Å². The van der Waals surface area contributed by atoms with Gasteiger partial charge in [-0.15, -0.1) is 0 Å². The predicted octanol–water partition coefficient (Wildman–Crippen LogP) is 4.65. The van der Waals surface area contributed by atoms with Crippen molar-refractivity contribution in [2.24, 2.45) is 5.92 Å². The maximum atomic E-state index is 13.9. The number of nitrogens with zero attached hydrogens (tertiary/aromatic N) is 2. The van der Waals surface area contributed by atoms with Gasteiger partial charge in [-0.1, -0.05) is 67.6 Å². The van der Waals surface area contributed by atoms with Crippen LogP contribution in [0.3, 0.4) is 0 Å². The van der Waals surface area contributed by atoms with Crippen molar-refractivity contribution in [3.63, 3.8) is 0 Å². The minimum Gasteiger partial charge on any atom is -0.394 e. The summed E-state index contributed by atoms with van der Waals surface area (Å²) in [6.07, 6.45) is 7.31. The van der Waals surface area contributed by atoms with Crippen LogP contribution in [0.4, 0.5) is 11.4 Å². The van der Waals surface area contributed by atoms with Crippen LogP contribution < -0.4 is 10.2 Å². The van der Waals surface area contributed by atoms with Crippen LogP contribution in [-0.2, 0) is 33.0 Å². The molecule has 2 aliphatic rings. The molecule has 1 aromatic heterocycles. The molecule has 0 spiro atoms. The molecule has 0 saturated carbocycles. The minimum atomic E-state index is -1.80. The predicted molar refractivity (Wildman–Crippen MR) is 173 cm³/mol. The molecule has 6 rings (SSSR count). The number of rotatable bonds is 10. The van der Waals surface area contributed by atoms with Crippen LogP contribution in [0, 0.1) is 5.92 Å². The second-order valence-electron chi connectivity index (χ2n) is 11.9. The van der Waals surface area contributed by atoms with Crippen molar-refractivity contribution >= 4 is 40.0 Å². The van der Waals surface area contributed by atoms with Crippen LogP contribution >= 0.6 is 0 Å². The number of anilines is 2. The van der Waals surface area contributed by atoms with Gasteiger partial charge in [-0.3, -0.25) is 14.4 Å². The summed E-state index contributed by atoms with van der Waals surface area (Å²) in [5, 5.41) is 25.5. The van der Waals surface area contributed by atoms with E-state index in [0.717, 1.165) is 34.9 Å². The van der Waals surface area contributed by atoms with Crippen LogP contribution in [0.25, 0.3) is 10.9 Å².